The lowest BCUT2D eigenvalue weighted by Gasteiger charge is -2.02. The lowest BCUT2D eigenvalue weighted by atomic mass is 10.1. The second kappa shape index (κ2) is 6.50. The molecule has 0 spiro atoms. The maximum Gasteiger partial charge on any atom is 0.328 e. The predicted molar refractivity (Wildman–Crippen MR) is 72.0 cm³/mol. The Morgan fingerprint density at radius 1 is 1.45 bits per heavy atom. The fourth-order valence-electron chi connectivity index (χ4n) is 1.52. The Morgan fingerprint density at radius 3 is 2.95 bits per heavy atom. The van der Waals surface area contributed by atoms with Crippen molar-refractivity contribution in [1.82, 2.24) is 10.1 Å². The third-order valence-electron chi connectivity index (χ3n) is 2.38. The van der Waals surface area contributed by atoms with Gasteiger partial charge in [0, 0.05) is 12.0 Å². The monoisotopic (exact) mass is 271 g/mol. The van der Waals surface area contributed by atoms with Crippen LogP contribution in [0.2, 0.25) is 0 Å². The van der Waals surface area contributed by atoms with Crippen LogP contribution in [0.4, 0.5) is 6.01 Å². The quantitative estimate of drug-likeness (QED) is 0.823. The number of amides is 1. The Labute approximate surface area is 115 Å². The standard InChI is InChI=1S/C14H13N3O3/c1-10-15-14(20-17-10)16-13(19)12-8-3-2-6-11(12)7-4-5-9-18/h2-3,6,8,18H,5,9H2,1H3,(H,15,16,17,19). The molecule has 1 amide bonds. The third kappa shape index (κ3) is 3.43. The van der Waals surface area contributed by atoms with E-state index < -0.39 is 0 Å². The van der Waals surface area contributed by atoms with Gasteiger partial charge in [0.2, 0.25) is 0 Å². The summed E-state index contributed by atoms with van der Waals surface area (Å²) in [6, 6.07) is 6.97. The van der Waals surface area contributed by atoms with Crippen LogP contribution in [0.25, 0.3) is 0 Å². The van der Waals surface area contributed by atoms with Crippen molar-refractivity contribution in [3.63, 3.8) is 0 Å². The summed E-state index contributed by atoms with van der Waals surface area (Å²) in [5.74, 6) is 5.70. The van der Waals surface area contributed by atoms with Crippen LogP contribution in [0.1, 0.15) is 28.2 Å². The van der Waals surface area contributed by atoms with Crippen LogP contribution in [0.5, 0.6) is 0 Å². The molecule has 6 nitrogen and oxygen atoms in total. The first-order valence-corrected chi connectivity index (χ1v) is 6.01. The summed E-state index contributed by atoms with van der Waals surface area (Å²) >= 11 is 0. The Hall–Kier alpha value is -2.65. The van der Waals surface area contributed by atoms with Crippen molar-refractivity contribution in [2.75, 3.05) is 11.9 Å². The van der Waals surface area contributed by atoms with Gasteiger partial charge in [-0.15, -0.1) is 0 Å². The molecular formula is C14H13N3O3. The number of aliphatic hydroxyl groups is 1. The third-order valence-corrected chi connectivity index (χ3v) is 2.38. The van der Waals surface area contributed by atoms with Crippen LogP contribution < -0.4 is 5.32 Å². The number of rotatable bonds is 3. The summed E-state index contributed by atoms with van der Waals surface area (Å²) in [4.78, 5) is 16.0. The van der Waals surface area contributed by atoms with Crippen LogP contribution in [0, 0.1) is 18.8 Å². The molecule has 1 heterocycles. The molecule has 0 aliphatic carbocycles. The molecule has 0 aliphatic rings. The maximum atomic E-state index is 12.1. The zero-order valence-electron chi connectivity index (χ0n) is 10.9. The molecule has 2 rings (SSSR count). The maximum absolute atomic E-state index is 12.1. The van der Waals surface area contributed by atoms with E-state index in [0.29, 0.717) is 23.4 Å². The first kappa shape index (κ1) is 13.8. The van der Waals surface area contributed by atoms with E-state index in [4.69, 9.17) is 9.63 Å². The van der Waals surface area contributed by atoms with E-state index in [1.807, 2.05) is 0 Å². The van der Waals surface area contributed by atoms with Crippen LogP contribution in [0.3, 0.4) is 0 Å². The molecule has 0 fully saturated rings. The van der Waals surface area contributed by atoms with Gasteiger partial charge in [-0.25, -0.2) is 0 Å². The first-order chi connectivity index (χ1) is 9.70. The SMILES string of the molecule is Cc1noc(NC(=O)c2ccccc2C#CCCO)n1. The zero-order chi connectivity index (χ0) is 14.4. The number of nitrogens with one attached hydrogen (secondary N) is 1. The molecule has 102 valence electrons. The molecule has 0 saturated heterocycles. The van der Waals surface area contributed by atoms with Crippen LogP contribution >= 0.6 is 0 Å². The molecule has 0 bridgehead atoms. The molecule has 6 heteroatoms. The van der Waals surface area contributed by atoms with Crippen LogP contribution in [0.15, 0.2) is 28.8 Å². The molecule has 2 N–H and O–H groups in total. The summed E-state index contributed by atoms with van der Waals surface area (Å²) in [5, 5.41) is 14.8. The van der Waals surface area contributed by atoms with Crippen molar-refractivity contribution in [3.8, 4) is 11.8 Å². The average molecular weight is 271 g/mol. The fraction of sp³-hybridized carbons (Fsp3) is 0.214. The number of carbonyl (C=O) groups is 1. The Morgan fingerprint density at radius 2 is 2.25 bits per heavy atom. The second-order valence-corrected chi connectivity index (χ2v) is 3.92. The number of hydrogen-bond acceptors (Lipinski definition) is 5. The van der Waals surface area contributed by atoms with E-state index >= 15 is 0 Å². The minimum Gasteiger partial charge on any atom is -0.395 e. The largest absolute Gasteiger partial charge is 0.395 e. The van der Waals surface area contributed by atoms with Crippen molar-refractivity contribution in [1.29, 1.82) is 0 Å². The molecule has 20 heavy (non-hydrogen) atoms. The molecule has 1 aromatic heterocycles. The number of carbonyl (C=O) groups excluding carboxylic acids is 1. The first-order valence-electron chi connectivity index (χ1n) is 6.01. The van der Waals surface area contributed by atoms with Crippen molar-refractivity contribution < 1.29 is 14.4 Å². The number of benzene rings is 1. The zero-order valence-corrected chi connectivity index (χ0v) is 10.9. The number of aliphatic hydroxyl groups excluding tert-OH is 1. The molecule has 0 aliphatic heterocycles. The van der Waals surface area contributed by atoms with Gasteiger partial charge in [-0.1, -0.05) is 29.1 Å². The number of aryl methyl sites for hydroxylation is 1. The molecule has 0 radical (unpaired) electrons. The van der Waals surface area contributed by atoms with Gasteiger partial charge in [0.25, 0.3) is 5.91 Å². The number of nitrogens with zero attached hydrogens (tertiary/aromatic N) is 2. The number of aromatic nitrogens is 2. The highest BCUT2D eigenvalue weighted by Gasteiger charge is 2.13. The predicted octanol–water partition coefficient (Wildman–Crippen LogP) is 1.36. The molecule has 0 atom stereocenters. The molecule has 0 saturated carbocycles. The van der Waals surface area contributed by atoms with Gasteiger partial charge in [0.15, 0.2) is 5.82 Å². The van der Waals surface area contributed by atoms with Crippen LogP contribution in [-0.2, 0) is 0 Å². The van der Waals surface area contributed by atoms with Gasteiger partial charge in [-0.3, -0.25) is 10.1 Å². The smallest absolute Gasteiger partial charge is 0.328 e. The van der Waals surface area contributed by atoms with E-state index in [1.54, 1.807) is 31.2 Å². The summed E-state index contributed by atoms with van der Waals surface area (Å²) < 4.78 is 4.83. The van der Waals surface area contributed by atoms with Gasteiger partial charge in [-0.05, 0) is 19.1 Å². The number of anilines is 1. The van der Waals surface area contributed by atoms with E-state index in [1.165, 1.54) is 0 Å². The van der Waals surface area contributed by atoms with Crippen LogP contribution in [-0.4, -0.2) is 27.8 Å². The van der Waals surface area contributed by atoms with Crippen molar-refractivity contribution in [2.24, 2.45) is 0 Å². The molecule has 2 aromatic rings. The summed E-state index contributed by atoms with van der Waals surface area (Å²) in [7, 11) is 0. The van der Waals surface area contributed by atoms with Crippen molar-refractivity contribution >= 4 is 11.9 Å². The van der Waals surface area contributed by atoms with Crippen molar-refractivity contribution in [3.05, 3.63) is 41.2 Å². The van der Waals surface area contributed by atoms with E-state index in [9.17, 15) is 4.79 Å². The highest BCUT2D eigenvalue weighted by atomic mass is 16.5. The lowest BCUT2D eigenvalue weighted by molar-refractivity contribution is 0.102. The highest BCUT2D eigenvalue weighted by Crippen LogP contribution is 2.11. The Balaban J connectivity index is 2.19. The number of hydrogen-bond donors (Lipinski definition) is 2. The second-order valence-electron chi connectivity index (χ2n) is 3.92. The van der Waals surface area contributed by atoms with Gasteiger partial charge < -0.3 is 9.63 Å². The summed E-state index contributed by atoms with van der Waals surface area (Å²) in [6.45, 7) is 1.65. The van der Waals surface area contributed by atoms with Gasteiger partial charge in [0.05, 0.1) is 12.2 Å². The van der Waals surface area contributed by atoms with E-state index in [0.717, 1.165) is 0 Å². The molecule has 0 unspecified atom stereocenters. The Bertz CT molecular complexity index is 668. The van der Waals surface area contributed by atoms with Crippen molar-refractivity contribution in [2.45, 2.75) is 13.3 Å². The minimum atomic E-state index is -0.373. The van der Waals surface area contributed by atoms with E-state index in [-0.39, 0.29) is 18.5 Å². The van der Waals surface area contributed by atoms with Gasteiger partial charge in [-0.2, -0.15) is 4.98 Å². The average Bonchev–Trinajstić information content (AvgIpc) is 2.85. The highest BCUT2D eigenvalue weighted by molar-refractivity contribution is 6.04. The van der Waals surface area contributed by atoms with Gasteiger partial charge >= 0.3 is 6.01 Å². The Kier molecular flexibility index (Phi) is 4.47. The normalized spacial score (nSPS) is 9.70. The van der Waals surface area contributed by atoms with Gasteiger partial charge in [0.1, 0.15) is 0 Å². The molecular weight excluding hydrogens is 258 g/mol. The minimum absolute atomic E-state index is 0.0113. The topological polar surface area (TPSA) is 88.2 Å². The van der Waals surface area contributed by atoms with E-state index in [2.05, 4.69) is 27.3 Å². The fourth-order valence-corrected chi connectivity index (χ4v) is 1.52. The summed E-state index contributed by atoms with van der Waals surface area (Å²) in [6.07, 6.45) is 0.360. The lowest BCUT2D eigenvalue weighted by Crippen LogP contribution is -2.13. The molecule has 1 aromatic carbocycles. The summed E-state index contributed by atoms with van der Waals surface area (Å²) in [5.41, 5.74) is 0.989.